The first-order valence-corrected chi connectivity index (χ1v) is 5.04. The Labute approximate surface area is 43.7 Å². The smallest absolute Gasteiger partial charge is 0.0222 e. The first-order valence-electron chi connectivity index (χ1n) is 2.24. The molecule has 0 aromatic heterocycles. The van der Waals surface area contributed by atoms with Crippen LogP contribution in [0.15, 0.2) is 0 Å². The molecule has 0 fully saturated rings. The SMILES string of the molecule is Cl[PH]1=CCCC1. The van der Waals surface area contributed by atoms with E-state index in [1.165, 1.54) is 19.0 Å². The van der Waals surface area contributed by atoms with E-state index in [-0.39, 0.29) is 0 Å². The maximum Gasteiger partial charge on any atom is -0.0222 e. The van der Waals surface area contributed by atoms with Gasteiger partial charge in [0, 0.05) is 0 Å². The van der Waals surface area contributed by atoms with Gasteiger partial charge in [0.05, 0.1) is 0 Å². The Bertz CT molecular complexity index is 77.6. The van der Waals surface area contributed by atoms with Crippen LogP contribution in [0.4, 0.5) is 0 Å². The minimum Gasteiger partial charge on any atom is -0.101 e. The molecule has 0 aliphatic carbocycles. The molecule has 36 valence electrons. The van der Waals surface area contributed by atoms with Crippen LogP contribution in [0.5, 0.6) is 0 Å². The van der Waals surface area contributed by atoms with Gasteiger partial charge in [-0.1, -0.05) is 5.80 Å². The first-order chi connectivity index (χ1) is 2.89. The average Bonchev–Trinajstić information content (AvgIpc) is 1.86. The highest BCUT2D eigenvalue weighted by Gasteiger charge is 1.95. The van der Waals surface area contributed by atoms with Crippen molar-refractivity contribution in [3.63, 3.8) is 0 Å². The molecule has 1 aliphatic heterocycles. The van der Waals surface area contributed by atoms with Crippen molar-refractivity contribution >= 4 is 23.9 Å². The second-order valence-corrected chi connectivity index (χ2v) is 4.80. The minimum absolute atomic E-state index is 0.410. The molecular weight excluding hydrogens is 114 g/mol. The van der Waals surface area contributed by atoms with Gasteiger partial charge in [0.25, 0.3) is 0 Å². The van der Waals surface area contributed by atoms with Gasteiger partial charge < -0.3 is 0 Å². The van der Waals surface area contributed by atoms with Gasteiger partial charge in [0.2, 0.25) is 0 Å². The average molecular weight is 123 g/mol. The van der Waals surface area contributed by atoms with E-state index < -0.39 is 6.90 Å². The lowest BCUT2D eigenvalue weighted by atomic mass is 10.4. The van der Waals surface area contributed by atoms with Crippen molar-refractivity contribution in [3.05, 3.63) is 0 Å². The van der Waals surface area contributed by atoms with Crippen molar-refractivity contribution in [2.24, 2.45) is 0 Å². The van der Waals surface area contributed by atoms with Gasteiger partial charge >= 0.3 is 0 Å². The summed E-state index contributed by atoms with van der Waals surface area (Å²) < 4.78 is 0. The van der Waals surface area contributed by atoms with Crippen molar-refractivity contribution in [2.75, 3.05) is 6.16 Å². The number of hydrogen-bond donors (Lipinski definition) is 0. The van der Waals surface area contributed by atoms with Gasteiger partial charge in [-0.25, -0.2) is 0 Å². The monoisotopic (exact) mass is 122 g/mol. The quantitative estimate of drug-likeness (QED) is 0.431. The molecule has 1 heterocycles. The van der Waals surface area contributed by atoms with Crippen molar-refractivity contribution < 1.29 is 0 Å². The molecule has 0 N–H and O–H groups in total. The molecule has 1 atom stereocenters. The van der Waals surface area contributed by atoms with Crippen LogP contribution in [-0.2, 0) is 0 Å². The predicted molar refractivity (Wildman–Crippen MR) is 34.3 cm³/mol. The Kier molecular flexibility index (Phi) is 1.62. The zero-order valence-electron chi connectivity index (χ0n) is 3.58. The standard InChI is InChI=1S/C4H8ClP/c5-6-3-1-2-4-6/h3,6H,1-2,4H2. The van der Waals surface area contributed by atoms with E-state index in [4.69, 9.17) is 11.2 Å². The summed E-state index contributed by atoms with van der Waals surface area (Å²) in [5.41, 5.74) is 0. The molecule has 0 amide bonds. The van der Waals surface area contributed by atoms with E-state index in [0.29, 0.717) is 0 Å². The highest BCUT2D eigenvalue weighted by molar-refractivity contribution is 7.83. The van der Waals surface area contributed by atoms with Crippen molar-refractivity contribution in [3.8, 4) is 0 Å². The lowest BCUT2D eigenvalue weighted by Gasteiger charge is -1.78. The first kappa shape index (κ1) is 4.74. The highest BCUT2D eigenvalue weighted by Crippen LogP contribution is 2.34. The molecule has 0 saturated carbocycles. The third-order valence-electron chi connectivity index (χ3n) is 0.986. The molecule has 0 spiro atoms. The van der Waals surface area contributed by atoms with Gasteiger partial charge in [-0.15, -0.1) is 11.2 Å². The van der Waals surface area contributed by atoms with E-state index in [9.17, 15) is 0 Å². The maximum atomic E-state index is 5.76. The van der Waals surface area contributed by atoms with Gasteiger partial charge in [0.15, 0.2) is 0 Å². The van der Waals surface area contributed by atoms with Crippen molar-refractivity contribution in [1.29, 1.82) is 0 Å². The maximum absolute atomic E-state index is 5.76. The van der Waals surface area contributed by atoms with Crippen LogP contribution in [-0.4, -0.2) is 12.0 Å². The fourth-order valence-electron chi connectivity index (χ4n) is 0.632. The molecule has 0 aromatic rings. The summed E-state index contributed by atoms with van der Waals surface area (Å²) in [7, 11) is 0. The van der Waals surface area contributed by atoms with Crippen LogP contribution < -0.4 is 0 Å². The van der Waals surface area contributed by atoms with Crippen molar-refractivity contribution in [1.82, 2.24) is 0 Å². The summed E-state index contributed by atoms with van der Waals surface area (Å²) in [6, 6.07) is 0. The Hall–Kier alpha value is 0.590. The Morgan fingerprint density at radius 3 is 2.67 bits per heavy atom. The number of halogens is 1. The Balaban J connectivity index is 2.45. The normalized spacial score (nSPS) is 33.2. The van der Waals surface area contributed by atoms with Crippen LogP contribution >= 0.6 is 18.1 Å². The van der Waals surface area contributed by atoms with Crippen LogP contribution in [0, 0.1) is 0 Å². The minimum atomic E-state index is -0.410. The van der Waals surface area contributed by atoms with E-state index in [1.54, 1.807) is 0 Å². The highest BCUT2D eigenvalue weighted by atomic mass is 35.7. The van der Waals surface area contributed by atoms with Gasteiger partial charge in [-0.05, 0) is 25.9 Å². The molecule has 0 nitrogen and oxygen atoms in total. The molecule has 0 saturated heterocycles. The largest absolute Gasteiger partial charge is 0.101 e. The summed E-state index contributed by atoms with van der Waals surface area (Å²) in [5.74, 6) is 2.27. The molecule has 0 radical (unpaired) electrons. The molecule has 1 unspecified atom stereocenters. The van der Waals surface area contributed by atoms with Gasteiger partial charge in [-0.3, -0.25) is 0 Å². The summed E-state index contributed by atoms with van der Waals surface area (Å²) in [6.07, 6.45) is 3.92. The molecule has 1 aliphatic rings. The number of rotatable bonds is 0. The number of hydrogen-bond acceptors (Lipinski definition) is 0. The topological polar surface area (TPSA) is 0 Å². The molecule has 6 heavy (non-hydrogen) atoms. The van der Waals surface area contributed by atoms with E-state index in [1.807, 2.05) is 0 Å². The molecular formula is C4H8ClP. The molecule has 2 heteroatoms. The Morgan fingerprint density at radius 1 is 1.67 bits per heavy atom. The zero-order valence-corrected chi connectivity index (χ0v) is 5.33. The third kappa shape index (κ3) is 1.03. The van der Waals surface area contributed by atoms with Crippen LogP contribution in [0.1, 0.15) is 12.8 Å². The molecule has 0 aromatic carbocycles. The zero-order chi connectivity index (χ0) is 4.41. The predicted octanol–water partition coefficient (Wildman–Crippen LogP) is 1.95. The lowest BCUT2D eigenvalue weighted by molar-refractivity contribution is 1.05. The van der Waals surface area contributed by atoms with Gasteiger partial charge in [-0.2, -0.15) is 0 Å². The summed E-state index contributed by atoms with van der Waals surface area (Å²) in [5, 5.41) is 0. The fourth-order valence-corrected chi connectivity index (χ4v) is 2.62. The second-order valence-electron chi connectivity index (χ2n) is 1.54. The molecule has 0 bridgehead atoms. The van der Waals surface area contributed by atoms with E-state index >= 15 is 0 Å². The fraction of sp³-hybridized carbons (Fsp3) is 0.750. The van der Waals surface area contributed by atoms with Gasteiger partial charge in [0.1, 0.15) is 0 Å². The summed E-state index contributed by atoms with van der Waals surface area (Å²) in [4.78, 5) is 0. The molecule has 1 rings (SSSR count). The van der Waals surface area contributed by atoms with Crippen LogP contribution in [0.25, 0.3) is 0 Å². The van der Waals surface area contributed by atoms with Crippen LogP contribution in [0.2, 0.25) is 0 Å². The lowest BCUT2D eigenvalue weighted by Crippen LogP contribution is -1.61. The van der Waals surface area contributed by atoms with Crippen LogP contribution in [0.3, 0.4) is 0 Å². The Morgan fingerprint density at radius 2 is 2.50 bits per heavy atom. The van der Waals surface area contributed by atoms with Crippen molar-refractivity contribution in [2.45, 2.75) is 12.8 Å². The van der Waals surface area contributed by atoms with E-state index in [2.05, 4.69) is 5.80 Å². The third-order valence-corrected chi connectivity index (χ3v) is 3.58. The summed E-state index contributed by atoms with van der Waals surface area (Å²) in [6.45, 7) is -0.410. The summed E-state index contributed by atoms with van der Waals surface area (Å²) >= 11 is 5.76. The second kappa shape index (κ2) is 2.04. The van der Waals surface area contributed by atoms with E-state index in [0.717, 1.165) is 0 Å².